The second-order valence-corrected chi connectivity index (χ2v) is 16.1. The van der Waals surface area contributed by atoms with Crippen LogP contribution in [0.3, 0.4) is 0 Å². The van der Waals surface area contributed by atoms with Crippen molar-refractivity contribution < 1.29 is 47.7 Å². The Balaban J connectivity index is 1.07. The fraction of sp³-hybridized carbons (Fsp3) is 0.333. The van der Waals surface area contributed by atoms with Gasteiger partial charge in [0.15, 0.2) is 6.29 Å². The molecular formula is C54H58O10. The molecule has 2 aliphatic rings. The third-order valence-corrected chi connectivity index (χ3v) is 11.4. The number of ether oxygens (including phenoxy) is 9. The summed E-state index contributed by atoms with van der Waals surface area (Å²) in [5.41, 5.74) is 5.99. The molecule has 0 saturated carbocycles. The van der Waals surface area contributed by atoms with Gasteiger partial charge in [-0.2, -0.15) is 0 Å². The van der Waals surface area contributed by atoms with E-state index in [0.717, 1.165) is 33.4 Å². The second-order valence-electron chi connectivity index (χ2n) is 16.1. The summed E-state index contributed by atoms with van der Waals surface area (Å²) in [5.74, 6) is 0. The molecule has 0 aromatic heterocycles. The lowest BCUT2D eigenvalue weighted by Gasteiger charge is -2.47. The first-order chi connectivity index (χ1) is 31.7. The number of hydrogen-bond donors (Lipinski definition) is 1. The van der Waals surface area contributed by atoms with Gasteiger partial charge < -0.3 is 47.7 Å². The molecule has 10 nitrogen and oxygen atoms in total. The number of hydrogen-bond acceptors (Lipinski definition) is 10. The minimum Gasteiger partial charge on any atom is -0.385 e. The number of aliphatic hydroxyl groups excluding tert-OH is 1. The summed E-state index contributed by atoms with van der Waals surface area (Å²) in [6.45, 7) is 2.38. The van der Waals surface area contributed by atoms with Crippen molar-refractivity contribution in [2.75, 3.05) is 19.8 Å². The zero-order valence-electron chi connectivity index (χ0n) is 36.0. The molecule has 2 heterocycles. The van der Waals surface area contributed by atoms with Crippen molar-refractivity contribution in [3.8, 4) is 0 Å². The summed E-state index contributed by atoms with van der Waals surface area (Å²) in [6, 6.07) is 59.8. The predicted octanol–water partition coefficient (Wildman–Crippen LogP) is 8.63. The average Bonchev–Trinajstić information content (AvgIpc) is 3.35. The van der Waals surface area contributed by atoms with Gasteiger partial charge in [0.25, 0.3) is 0 Å². The van der Waals surface area contributed by atoms with E-state index in [4.69, 9.17) is 42.6 Å². The monoisotopic (exact) mass is 866 g/mol. The maximum absolute atomic E-state index is 12.4. The number of rotatable bonds is 22. The maximum atomic E-state index is 12.4. The molecule has 0 unspecified atom stereocenters. The molecule has 0 radical (unpaired) electrons. The van der Waals surface area contributed by atoms with Gasteiger partial charge in [-0.3, -0.25) is 0 Å². The first-order valence-electron chi connectivity index (χ1n) is 22.1. The van der Waals surface area contributed by atoms with Crippen LogP contribution in [0.4, 0.5) is 0 Å². The Labute approximate surface area is 376 Å². The van der Waals surface area contributed by atoms with E-state index in [2.05, 4.69) is 0 Å². The van der Waals surface area contributed by atoms with Crippen molar-refractivity contribution in [3.05, 3.63) is 215 Å². The topological polar surface area (TPSA) is 103 Å². The van der Waals surface area contributed by atoms with Crippen LogP contribution >= 0.6 is 0 Å². The zero-order valence-corrected chi connectivity index (χ0v) is 36.0. The summed E-state index contributed by atoms with van der Waals surface area (Å²) in [7, 11) is 0. The molecule has 0 aliphatic carbocycles. The molecule has 6 aromatic carbocycles. The number of benzene rings is 6. The highest BCUT2D eigenvalue weighted by molar-refractivity contribution is 5.18. The normalized spacial score (nSPS) is 24.6. The molecule has 6 aromatic rings. The van der Waals surface area contributed by atoms with Crippen molar-refractivity contribution in [2.45, 2.75) is 94.8 Å². The first kappa shape index (κ1) is 45.5. The van der Waals surface area contributed by atoms with Gasteiger partial charge in [-0.15, -0.1) is 0 Å². The Bertz CT molecular complexity index is 2170. The Morgan fingerprint density at radius 3 is 1.12 bits per heavy atom. The summed E-state index contributed by atoms with van der Waals surface area (Å²) < 4.78 is 59.8. The minimum absolute atomic E-state index is 0.120. The van der Waals surface area contributed by atoms with E-state index in [0.29, 0.717) is 19.8 Å². The van der Waals surface area contributed by atoms with Gasteiger partial charge in [0, 0.05) is 0 Å². The van der Waals surface area contributed by atoms with E-state index in [9.17, 15) is 5.11 Å². The van der Waals surface area contributed by atoms with Crippen LogP contribution in [0.15, 0.2) is 182 Å². The lowest BCUT2D eigenvalue weighted by atomic mass is 9.96. The van der Waals surface area contributed by atoms with Crippen LogP contribution in [0.5, 0.6) is 0 Å². The molecule has 2 saturated heterocycles. The van der Waals surface area contributed by atoms with Gasteiger partial charge in [-0.25, -0.2) is 0 Å². The minimum atomic E-state index is -1.28. The van der Waals surface area contributed by atoms with Crippen LogP contribution in [0.2, 0.25) is 0 Å². The molecule has 0 spiro atoms. The zero-order chi connectivity index (χ0) is 43.6. The molecule has 64 heavy (non-hydrogen) atoms. The Kier molecular flexibility index (Phi) is 17.3. The highest BCUT2D eigenvalue weighted by atomic mass is 16.7. The molecule has 0 amide bonds. The van der Waals surface area contributed by atoms with Gasteiger partial charge in [-0.1, -0.05) is 182 Å². The SMILES string of the molecule is O[C@@H]1[C@H](O[C@@H]2CO[C@H](COCc3ccccc3)[C@@H](OCc3ccccc3)[C@@H]2OCc2ccccc2)O[C@H](COCc2ccccc2)[C@@H](OCc2ccccc2)[C@@H]1OCc1ccccc1. The highest BCUT2D eigenvalue weighted by Gasteiger charge is 2.51. The van der Waals surface area contributed by atoms with Gasteiger partial charge in [0.05, 0.1) is 59.5 Å². The summed E-state index contributed by atoms with van der Waals surface area (Å²) in [6.07, 6.45) is -7.28. The summed E-state index contributed by atoms with van der Waals surface area (Å²) in [4.78, 5) is 0. The van der Waals surface area contributed by atoms with Gasteiger partial charge >= 0.3 is 0 Å². The Morgan fingerprint density at radius 1 is 0.391 bits per heavy atom. The molecular weight excluding hydrogens is 809 g/mol. The van der Waals surface area contributed by atoms with Crippen molar-refractivity contribution in [1.29, 1.82) is 0 Å². The van der Waals surface area contributed by atoms with Crippen molar-refractivity contribution in [2.24, 2.45) is 0 Å². The van der Waals surface area contributed by atoms with Crippen molar-refractivity contribution in [1.82, 2.24) is 0 Å². The molecule has 0 bridgehead atoms. The maximum Gasteiger partial charge on any atom is 0.187 e. The molecule has 10 heteroatoms. The molecule has 2 fully saturated rings. The van der Waals surface area contributed by atoms with E-state index in [1.54, 1.807) is 0 Å². The van der Waals surface area contributed by atoms with E-state index in [-0.39, 0.29) is 39.6 Å². The van der Waals surface area contributed by atoms with Crippen LogP contribution < -0.4 is 0 Å². The molecule has 1 N–H and O–H groups in total. The molecule has 334 valence electrons. The first-order valence-corrected chi connectivity index (χ1v) is 22.1. The molecule has 8 rings (SSSR count). The second kappa shape index (κ2) is 24.3. The standard InChI is InChI=1S/C54H58O10/c55-49-53(62-36-45-29-17-6-18-30-45)52(61-35-44-27-15-5-16-28-44)47(38-57-32-41-21-9-2-10-22-41)63-54(49)64-48-39-58-46(37-56-31-40-19-7-1-8-20-40)50(59-33-42-23-11-3-12-24-42)51(48)60-34-43-25-13-4-14-26-43/h1-30,46-55H,31-39H2/t46-,47-,48-,49+,50-,51-,52-,53-,54+/m1/s1. The van der Waals surface area contributed by atoms with Crippen LogP contribution in [-0.2, 0) is 82.3 Å². The van der Waals surface area contributed by atoms with Crippen LogP contribution in [-0.4, -0.2) is 80.0 Å². The summed E-state index contributed by atoms with van der Waals surface area (Å²) in [5, 5.41) is 12.4. The van der Waals surface area contributed by atoms with Gasteiger partial charge in [0.1, 0.15) is 48.8 Å². The third-order valence-electron chi connectivity index (χ3n) is 11.4. The van der Waals surface area contributed by atoms with E-state index >= 15 is 0 Å². The quantitative estimate of drug-likeness (QED) is 0.0714. The lowest BCUT2D eigenvalue weighted by molar-refractivity contribution is -0.347. The van der Waals surface area contributed by atoms with Crippen molar-refractivity contribution in [3.63, 3.8) is 0 Å². The summed E-state index contributed by atoms with van der Waals surface area (Å²) >= 11 is 0. The smallest absolute Gasteiger partial charge is 0.187 e. The van der Waals surface area contributed by atoms with E-state index < -0.39 is 55.1 Å². The predicted molar refractivity (Wildman–Crippen MR) is 242 cm³/mol. The van der Waals surface area contributed by atoms with Crippen LogP contribution in [0, 0.1) is 0 Å². The Hall–Kier alpha value is -5.08. The Morgan fingerprint density at radius 2 is 0.719 bits per heavy atom. The molecule has 2 aliphatic heterocycles. The van der Waals surface area contributed by atoms with Gasteiger partial charge in [0.2, 0.25) is 0 Å². The highest BCUT2D eigenvalue weighted by Crippen LogP contribution is 2.33. The largest absolute Gasteiger partial charge is 0.385 e. The van der Waals surface area contributed by atoms with Crippen LogP contribution in [0.25, 0.3) is 0 Å². The number of aliphatic hydroxyl groups is 1. The van der Waals surface area contributed by atoms with Gasteiger partial charge in [-0.05, 0) is 33.4 Å². The average molecular weight is 867 g/mol. The lowest BCUT2D eigenvalue weighted by Crippen LogP contribution is -2.64. The fourth-order valence-electron chi connectivity index (χ4n) is 8.00. The van der Waals surface area contributed by atoms with Crippen molar-refractivity contribution >= 4 is 0 Å². The fourth-order valence-corrected chi connectivity index (χ4v) is 8.00. The molecule has 9 atom stereocenters. The van der Waals surface area contributed by atoms with E-state index in [1.807, 2.05) is 182 Å². The van der Waals surface area contributed by atoms with E-state index in [1.165, 1.54) is 0 Å². The van der Waals surface area contributed by atoms with Crippen LogP contribution in [0.1, 0.15) is 33.4 Å². The third kappa shape index (κ3) is 13.2.